The second kappa shape index (κ2) is 6.43. The van der Waals surface area contributed by atoms with Crippen LogP contribution in [0.5, 0.6) is 0 Å². The molecule has 0 fully saturated rings. The third kappa shape index (κ3) is 3.38. The second-order valence-electron chi connectivity index (χ2n) is 4.51. The van der Waals surface area contributed by atoms with Gasteiger partial charge in [-0.2, -0.15) is 0 Å². The maximum atomic E-state index is 12.4. The van der Waals surface area contributed by atoms with Gasteiger partial charge in [0.1, 0.15) is 5.51 Å². The Balaban J connectivity index is 2.20. The highest BCUT2D eigenvalue weighted by atomic mass is 32.1. The van der Waals surface area contributed by atoms with Crippen molar-refractivity contribution in [1.29, 1.82) is 0 Å². The number of hydrogen-bond acceptors (Lipinski definition) is 4. The number of hydrogen-bond donors (Lipinski definition) is 1. The molecule has 0 saturated carbocycles. The van der Waals surface area contributed by atoms with Crippen molar-refractivity contribution in [2.75, 3.05) is 5.32 Å². The Kier molecular flexibility index (Phi) is 4.63. The fourth-order valence-corrected chi connectivity index (χ4v) is 2.49. The average Bonchev–Trinajstić information content (AvgIpc) is 2.93. The van der Waals surface area contributed by atoms with E-state index in [1.165, 1.54) is 11.3 Å². The van der Waals surface area contributed by atoms with Crippen LogP contribution in [-0.4, -0.2) is 16.1 Å². The van der Waals surface area contributed by atoms with Crippen LogP contribution in [0.3, 0.4) is 0 Å². The fourth-order valence-electron chi connectivity index (χ4n) is 2.05. The summed E-state index contributed by atoms with van der Waals surface area (Å²) in [5.41, 5.74) is 2.65. The smallest absolute Gasteiger partial charge is 0.234 e. The van der Waals surface area contributed by atoms with E-state index in [-0.39, 0.29) is 17.7 Å². The zero-order valence-corrected chi connectivity index (χ0v) is 11.9. The fraction of sp³-hybridized carbons (Fsp3) is 0.357. The minimum absolute atomic E-state index is 0.0164. The minimum Gasteiger partial charge on any atom is -0.300 e. The summed E-state index contributed by atoms with van der Waals surface area (Å²) in [4.78, 5) is 12.4. The van der Waals surface area contributed by atoms with E-state index < -0.39 is 0 Å². The number of nitrogens with zero attached hydrogens (tertiary/aromatic N) is 2. The molecule has 100 valence electrons. The lowest BCUT2D eigenvalue weighted by molar-refractivity contribution is -0.118. The Morgan fingerprint density at radius 2 is 2.11 bits per heavy atom. The first-order valence-corrected chi connectivity index (χ1v) is 7.22. The van der Waals surface area contributed by atoms with Gasteiger partial charge in [-0.1, -0.05) is 61.9 Å². The molecule has 0 radical (unpaired) electrons. The molecule has 1 amide bonds. The number of anilines is 1. The number of amides is 1. The van der Waals surface area contributed by atoms with Crippen LogP contribution in [0.2, 0.25) is 0 Å². The highest BCUT2D eigenvalue weighted by molar-refractivity contribution is 7.13. The molecule has 1 aromatic heterocycles. The number of aromatic nitrogens is 2. The molecule has 5 heteroatoms. The van der Waals surface area contributed by atoms with E-state index in [1.54, 1.807) is 5.51 Å². The predicted molar refractivity (Wildman–Crippen MR) is 77.2 cm³/mol. The van der Waals surface area contributed by atoms with Crippen LogP contribution in [0, 0.1) is 5.92 Å². The van der Waals surface area contributed by atoms with Gasteiger partial charge in [0.15, 0.2) is 0 Å². The predicted octanol–water partition coefficient (Wildman–Crippen LogP) is 3.31. The monoisotopic (exact) mass is 275 g/mol. The first-order chi connectivity index (χ1) is 9.22. The lowest BCUT2D eigenvalue weighted by atomic mass is 9.85. The third-order valence-corrected chi connectivity index (χ3v) is 3.85. The van der Waals surface area contributed by atoms with Crippen molar-refractivity contribution >= 4 is 22.4 Å². The Labute approximate surface area is 116 Å². The first kappa shape index (κ1) is 13.7. The molecular formula is C14H17N3OS. The average molecular weight is 275 g/mol. The highest BCUT2D eigenvalue weighted by Crippen LogP contribution is 2.28. The molecule has 2 atom stereocenters. The molecule has 19 heavy (non-hydrogen) atoms. The Morgan fingerprint density at radius 1 is 1.37 bits per heavy atom. The molecule has 2 aromatic rings. The van der Waals surface area contributed by atoms with Crippen molar-refractivity contribution in [2.24, 2.45) is 5.92 Å². The summed E-state index contributed by atoms with van der Waals surface area (Å²) in [6.45, 7) is 4.19. The summed E-state index contributed by atoms with van der Waals surface area (Å²) in [5, 5.41) is 11.0. The molecule has 0 unspecified atom stereocenters. The quantitative estimate of drug-likeness (QED) is 0.910. The maximum Gasteiger partial charge on any atom is 0.234 e. The van der Waals surface area contributed by atoms with Gasteiger partial charge in [0.05, 0.1) is 5.92 Å². The van der Waals surface area contributed by atoms with E-state index in [4.69, 9.17) is 0 Å². The van der Waals surface area contributed by atoms with Gasteiger partial charge in [0.25, 0.3) is 0 Å². The molecule has 0 aliphatic rings. The second-order valence-corrected chi connectivity index (χ2v) is 5.34. The van der Waals surface area contributed by atoms with Gasteiger partial charge < -0.3 is 0 Å². The standard InChI is InChI=1S/C14H17N3OS/c1-3-10(2)12(11-7-5-4-6-8-11)13(18)16-14-17-15-9-19-14/h4-10,12H,3H2,1-2H3,(H,16,17,18)/t10-,12-/m0/s1. The SMILES string of the molecule is CC[C@H](C)[C@H](C(=O)Nc1nncs1)c1ccccc1. The van der Waals surface area contributed by atoms with E-state index in [0.29, 0.717) is 5.13 Å². The molecule has 2 rings (SSSR count). The molecule has 1 heterocycles. The van der Waals surface area contributed by atoms with Gasteiger partial charge in [0.2, 0.25) is 11.0 Å². The largest absolute Gasteiger partial charge is 0.300 e. The molecule has 1 aromatic carbocycles. The zero-order valence-electron chi connectivity index (χ0n) is 11.0. The first-order valence-electron chi connectivity index (χ1n) is 6.34. The van der Waals surface area contributed by atoms with Crippen LogP contribution in [-0.2, 0) is 4.79 Å². The van der Waals surface area contributed by atoms with Crippen LogP contribution in [0.4, 0.5) is 5.13 Å². The van der Waals surface area contributed by atoms with Crippen molar-refractivity contribution in [2.45, 2.75) is 26.2 Å². The minimum atomic E-state index is -0.157. The number of rotatable bonds is 5. The molecule has 0 bridgehead atoms. The highest BCUT2D eigenvalue weighted by Gasteiger charge is 2.26. The number of carbonyl (C=O) groups is 1. The molecule has 0 spiro atoms. The Hall–Kier alpha value is -1.75. The zero-order chi connectivity index (χ0) is 13.7. The van der Waals surface area contributed by atoms with E-state index in [2.05, 4.69) is 29.4 Å². The van der Waals surface area contributed by atoms with Gasteiger partial charge in [-0.3, -0.25) is 10.1 Å². The number of benzene rings is 1. The molecular weight excluding hydrogens is 258 g/mol. The van der Waals surface area contributed by atoms with Gasteiger partial charge >= 0.3 is 0 Å². The van der Waals surface area contributed by atoms with Crippen molar-refractivity contribution in [3.8, 4) is 0 Å². The van der Waals surface area contributed by atoms with Gasteiger partial charge in [-0.05, 0) is 11.5 Å². The van der Waals surface area contributed by atoms with E-state index >= 15 is 0 Å². The summed E-state index contributed by atoms with van der Waals surface area (Å²) in [7, 11) is 0. The Bertz CT molecular complexity index is 513. The topological polar surface area (TPSA) is 54.9 Å². The van der Waals surface area contributed by atoms with Gasteiger partial charge in [0, 0.05) is 0 Å². The van der Waals surface area contributed by atoms with Crippen LogP contribution >= 0.6 is 11.3 Å². The van der Waals surface area contributed by atoms with Crippen molar-refractivity contribution < 1.29 is 4.79 Å². The molecule has 0 saturated heterocycles. The molecule has 1 N–H and O–H groups in total. The van der Waals surface area contributed by atoms with Crippen LogP contribution < -0.4 is 5.32 Å². The summed E-state index contributed by atoms with van der Waals surface area (Å²) in [6.07, 6.45) is 0.948. The lowest BCUT2D eigenvalue weighted by Gasteiger charge is -2.22. The molecule has 4 nitrogen and oxygen atoms in total. The van der Waals surface area contributed by atoms with Gasteiger partial charge in [-0.15, -0.1) is 10.2 Å². The number of carbonyl (C=O) groups excluding carboxylic acids is 1. The maximum absolute atomic E-state index is 12.4. The normalized spacial score (nSPS) is 13.8. The van der Waals surface area contributed by atoms with Crippen LogP contribution in [0.1, 0.15) is 31.7 Å². The van der Waals surface area contributed by atoms with Crippen molar-refractivity contribution in [3.05, 3.63) is 41.4 Å². The summed E-state index contributed by atoms with van der Waals surface area (Å²) < 4.78 is 0. The summed E-state index contributed by atoms with van der Waals surface area (Å²) in [5.74, 6) is 0.0997. The van der Waals surface area contributed by atoms with E-state index in [9.17, 15) is 4.79 Å². The van der Waals surface area contributed by atoms with Crippen molar-refractivity contribution in [1.82, 2.24) is 10.2 Å². The Morgan fingerprint density at radius 3 is 2.68 bits per heavy atom. The molecule has 0 aliphatic heterocycles. The summed E-state index contributed by atoms with van der Waals surface area (Å²) >= 11 is 1.33. The van der Waals surface area contributed by atoms with Crippen molar-refractivity contribution in [3.63, 3.8) is 0 Å². The van der Waals surface area contributed by atoms with Gasteiger partial charge in [-0.25, -0.2) is 0 Å². The van der Waals surface area contributed by atoms with Crippen LogP contribution in [0.15, 0.2) is 35.8 Å². The van der Waals surface area contributed by atoms with E-state index in [1.807, 2.05) is 30.3 Å². The third-order valence-electron chi connectivity index (χ3n) is 3.24. The van der Waals surface area contributed by atoms with Crippen LogP contribution in [0.25, 0.3) is 0 Å². The number of nitrogens with one attached hydrogen (secondary N) is 1. The molecule has 0 aliphatic carbocycles. The van der Waals surface area contributed by atoms with E-state index in [0.717, 1.165) is 12.0 Å². The summed E-state index contributed by atoms with van der Waals surface area (Å²) in [6, 6.07) is 9.87. The lowest BCUT2D eigenvalue weighted by Crippen LogP contribution is -2.26.